The Kier molecular flexibility index (Phi) is 7.79. The van der Waals surface area contributed by atoms with Crippen LogP contribution in [0.15, 0.2) is 24.3 Å². The van der Waals surface area contributed by atoms with E-state index in [2.05, 4.69) is 32.6 Å². The second-order valence-electron chi connectivity index (χ2n) is 5.19. The molecule has 2 N–H and O–H groups in total. The first-order valence-corrected chi connectivity index (χ1v) is 7.15. The summed E-state index contributed by atoms with van der Waals surface area (Å²) in [6, 6.07) is 7.69. The van der Waals surface area contributed by atoms with Gasteiger partial charge >= 0.3 is 0 Å². The van der Waals surface area contributed by atoms with Crippen LogP contribution in [0.3, 0.4) is 0 Å². The fourth-order valence-electron chi connectivity index (χ4n) is 1.93. The van der Waals surface area contributed by atoms with Crippen molar-refractivity contribution in [2.75, 3.05) is 19.8 Å². The molecule has 20 heavy (non-hydrogen) atoms. The van der Waals surface area contributed by atoms with Gasteiger partial charge in [0.05, 0.1) is 19.3 Å². The lowest BCUT2D eigenvalue weighted by atomic mass is 10.1. The van der Waals surface area contributed by atoms with Crippen molar-refractivity contribution in [1.82, 2.24) is 0 Å². The highest BCUT2D eigenvalue weighted by molar-refractivity contribution is 5.38. The predicted octanol–water partition coefficient (Wildman–Crippen LogP) is 2.83. The molecule has 0 saturated heterocycles. The van der Waals surface area contributed by atoms with Gasteiger partial charge in [-0.1, -0.05) is 25.7 Å². The molecule has 1 aromatic rings. The summed E-state index contributed by atoms with van der Waals surface area (Å²) in [6.07, 6.45) is 1.36. The molecular weight excluding hydrogens is 250 g/mol. The van der Waals surface area contributed by atoms with Crippen LogP contribution in [-0.2, 0) is 4.74 Å². The number of hydrogen-bond donors (Lipinski definition) is 1. The minimum Gasteiger partial charge on any atom is -0.491 e. The molecule has 0 aliphatic rings. The Balaban J connectivity index is 2.25. The Hall–Kier alpha value is -1.50. The normalized spacial score (nSPS) is 11.8. The minimum absolute atomic E-state index is 0.285. The van der Waals surface area contributed by atoms with Gasteiger partial charge in [-0.15, -0.1) is 0 Å². The van der Waals surface area contributed by atoms with Crippen LogP contribution in [0.1, 0.15) is 32.8 Å². The first kappa shape index (κ1) is 16.6. The Morgan fingerprint density at radius 3 is 2.40 bits per heavy atom. The molecule has 3 heteroatoms. The summed E-state index contributed by atoms with van der Waals surface area (Å²) in [5.74, 6) is 7.29. The van der Waals surface area contributed by atoms with E-state index in [1.807, 2.05) is 24.3 Å². The van der Waals surface area contributed by atoms with Crippen LogP contribution in [0.4, 0.5) is 0 Å². The zero-order valence-corrected chi connectivity index (χ0v) is 12.7. The van der Waals surface area contributed by atoms with Gasteiger partial charge in [-0.3, -0.25) is 0 Å². The first-order valence-electron chi connectivity index (χ1n) is 7.15. The van der Waals surface area contributed by atoms with Gasteiger partial charge in [0, 0.05) is 5.56 Å². The van der Waals surface area contributed by atoms with Crippen LogP contribution in [0.2, 0.25) is 0 Å². The average Bonchev–Trinajstić information content (AvgIpc) is 2.42. The van der Waals surface area contributed by atoms with Crippen molar-refractivity contribution >= 4 is 0 Å². The highest BCUT2D eigenvalue weighted by Crippen LogP contribution is 2.12. The summed E-state index contributed by atoms with van der Waals surface area (Å²) in [7, 11) is 0. The Morgan fingerprint density at radius 1 is 1.10 bits per heavy atom. The molecule has 110 valence electrons. The lowest BCUT2D eigenvalue weighted by molar-refractivity contribution is 0.0331. The Morgan fingerprint density at radius 2 is 1.80 bits per heavy atom. The third-order valence-corrected chi connectivity index (χ3v) is 2.75. The molecule has 0 spiro atoms. The van der Waals surface area contributed by atoms with Crippen LogP contribution >= 0.6 is 0 Å². The van der Waals surface area contributed by atoms with E-state index in [4.69, 9.17) is 15.2 Å². The summed E-state index contributed by atoms with van der Waals surface area (Å²) in [6.45, 7) is 8.06. The second kappa shape index (κ2) is 9.41. The van der Waals surface area contributed by atoms with E-state index in [0.717, 1.165) is 17.7 Å². The Bertz CT molecular complexity index is 429. The standard InChI is InChI=1S/C17H25NO2/c1-14(2)13-15(3)19-11-12-20-17-8-6-16(7-9-17)5-4-10-18/h6-9,14-15H,10-13,18H2,1-3H3. The number of benzene rings is 1. The minimum atomic E-state index is 0.285. The molecule has 0 radical (unpaired) electrons. The maximum Gasteiger partial charge on any atom is 0.119 e. The molecule has 1 rings (SSSR count). The van der Waals surface area contributed by atoms with Crippen molar-refractivity contribution in [3.8, 4) is 17.6 Å². The highest BCUT2D eigenvalue weighted by Gasteiger charge is 2.04. The molecular formula is C17H25NO2. The van der Waals surface area contributed by atoms with E-state index < -0.39 is 0 Å². The fraction of sp³-hybridized carbons (Fsp3) is 0.529. The van der Waals surface area contributed by atoms with E-state index in [-0.39, 0.29) is 6.10 Å². The summed E-state index contributed by atoms with van der Waals surface area (Å²) >= 11 is 0. The van der Waals surface area contributed by atoms with E-state index >= 15 is 0 Å². The average molecular weight is 275 g/mol. The van der Waals surface area contributed by atoms with Crippen molar-refractivity contribution in [3.63, 3.8) is 0 Å². The van der Waals surface area contributed by atoms with Crippen LogP contribution in [-0.4, -0.2) is 25.9 Å². The summed E-state index contributed by atoms with van der Waals surface area (Å²) in [5, 5.41) is 0. The van der Waals surface area contributed by atoms with Gasteiger partial charge < -0.3 is 15.2 Å². The van der Waals surface area contributed by atoms with Gasteiger partial charge in [-0.05, 0) is 43.5 Å². The van der Waals surface area contributed by atoms with Crippen molar-refractivity contribution in [3.05, 3.63) is 29.8 Å². The number of rotatable bonds is 7. The van der Waals surface area contributed by atoms with Gasteiger partial charge in [0.1, 0.15) is 12.4 Å². The van der Waals surface area contributed by atoms with E-state index in [1.165, 1.54) is 0 Å². The largest absolute Gasteiger partial charge is 0.491 e. The highest BCUT2D eigenvalue weighted by atomic mass is 16.5. The van der Waals surface area contributed by atoms with Crippen LogP contribution in [0, 0.1) is 17.8 Å². The second-order valence-corrected chi connectivity index (χ2v) is 5.19. The van der Waals surface area contributed by atoms with Crippen molar-refractivity contribution < 1.29 is 9.47 Å². The molecule has 0 amide bonds. The molecule has 0 aliphatic heterocycles. The van der Waals surface area contributed by atoms with Crippen molar-refractivity contribution in [2.45, 2.75) is 33.3 Å². The maximum absolute atomic E-state index is 5.69. The molecule has 0 aliphatic carbocycles. The van der Waals surface area contributed by atoms with Crippen molar-refractivity contribution in [2.24, 2.45) is 11.7 Å². The summed E-state index contributed by atoms with van der Waals surface area (Å²) < 4.78 is 11.3. The molecule has 1 atom stereocenters. The lowest BCUT2D eigenvalue weighted by Gasteiger charge is -2.15. The maximum atomic E-state index is 5.69. The van der Waals surface area contributed by atoms with Gasteiger partial charge in [0.2, 0.25) is 0 Å². The third-order valence-electron chi connectivity index (χ3n) is 2.75. The molecule has 3 nitrogen and oxygen atoms in total. The number of nitrogens with two attached hydrogens (primary N) is 1. The van der Waals surface area contributed by atoms with Gasteiger partial charge in [-0.25, -0.2) is 0 Å². The monoisotopic (exact) mass is 275 g/mol. The molecule has 0 heterocycles. The number of hydrogen-bond acceptors (Lipinski definition) is 3. The summed E-state index contributed by atoms with van der Waals surface area (Å²) in [4.78, 5) is 0. The van der Waals surface area contributed by atoms with Crippen LogP contribution in [0.5, 0.6) is 5.75 Å². The topological polar surface area (TPSA) is 44.5 Å². The first-order chi connectivity index (χ1) is 9.61. The molecule has 1 unspecified atom stereocenters. The molecule has 1 aromatic carbocycles. The molecule has 0 bridgehead atoms. The number of ether oxygens (including phenoxy) is 2. The van der Waals surface area contributed by atoms with E-state index in [9.17, 15) is 0 Å². The molecule has 0 aromatic heterocycles. The van der Waals surface area contributed by atoms with E-state index in [1.54, 1.807) is 0 Å². The third kappa shape index (κ3) is 7.18. The lowest BCUT2D eigenvalue weighted by Crippen LogP contribution is -2.16. The quantitative estimate of drug-likeness (QED) is 0.615. The van der Waals surface area contributed by atoms with Crippen molar-refractivity contribution in [1.29, 1.82) is 0 Å². The Labute approximate surface area is 122 Å². The van der Waals surface area contributed by atoms with E-state index in [0.29, 0.717) is 25.7 Å². The molecule has 0 fully saturated rings. The summed E-state index contributed by atoms with van der Waals surface area (Å²) in [5.41, 5.74) is 6.28. The van der Waals surface area contributed by atoms with Gasteiger partial charge in [-0.2, -0.15) is 0 Å². The van der Waals surface area contributed by atoms with Crippen LogP contribution in [0.25, 0.3) is 0 Å². The van der Waals surface area contributed by atoms with Crippen LogP contribution < -0.4 is 10.5 Å². The fourth-order valence-corrected chi connectivity index (χ4v) is 1.93. The SMILES string of the molecule is CC(C)CC(C)OCCOc1ccc(C#CCN)cc1. The smallest absolute Gasteiger partial charge is 0.119 e. The predicted molar refractivity (Wildman–Crippen MR) is 82.7 cm³/mol. The van der Waals surface area contributed by atoms with Gasteiger partial charge in [0.15, 0.2) is 0 Å². The molecule has 0 saturated carbocycles. The zero-order valence-electron chi connectivity index (χ0n) is 12.7. The van der Waals surface area contributed by atoms with Gasteiger partial charge in [0.25, 0.3) is 0 Å². The zero-order chi connectivity index (χ0) is 14.8.